The molecule has 0 unspecified atom stereocenters. The van der Waals surface area contributed by atoms with E-state index in [-0.39, 0.29) is 18.2 Å². The van der Waals surface area contributed by atoms with E-state index in [9.17, 15) is 9.59 Å². The van der Waals surface area contributed by atoms with Gasteiger partial charge in [-0.2, -0.15) is 0 Å². The number of ether oxygens (including phenoxy) is 3. The third-order valence-electron chi connectivity index (χ3n) is 5.09. The van der Waals surface area contributed by atoms with Gasteiger partial charge in [-0.3, -0.25) is 0 Å². The number of carbonyl (C=O) groups excluding carboxylic acids is 2. The van der Waals surface area contributed by atoms with E-state index in [1.807, 2.05) is 30.9 Å². The van der Waals surface area contributed by atoms with Gasteiger partial charge in [-0.1, -0.05) is 12.8 Å². The Morgan fingerprint density at radius 3 is 1.76 bits per heavy atom. The molecule has 29 heavy (non-hydrogen) atoms. The maximum Gasteiger partial charge on any atom is 0.340 e. The predicted molar refractivity (Wildman–Crippen MR) is 113 cm³/mol. The quantitative estimate of drug-likeness (QED) is 0.474. The van der Waals surface area contributed by atoms with Crippen LogP contribution in [0.25, 0.3) is 0 Å². The lowest BCUT2D eigenvalue weighted by Gasteiger charge is -2.37. The molecular weight excluding hydrogens is 370 g/mol. The number of hydrogen-bond donors (Lipinski definition) is 0. The lowest BCUT2D eigenvalue weighted by atomic mass is 10.0. The monoisotopic (exact) mass is 405 g/mol. The normalized spacial score (nSPS) is 14.6. The van der Waals surface area contributed by atoms with Crippen molar-refractivity contribution in [3.63, 3.8) is 0 Å². The van der Waals surface area contributed by atoms with E-state index in [0.717, 1.165) is 48.2 Å². The molecule has 6 nitrogen and oxygen atoms in total. The molecule has 162 valence electrons. The minimum absolute atomic E-state index is 0.0756. The molecule has 1 aromatic carbocycles. The second kappa shape index (κ2) is 9.99. The first-order valence-electron chi connectivity index (χ1n) is 10.5. The van der Waals surface area contributed by atoms with Gasteiger partial charge in [0.2, 0.25) is 6.04 Å². The van der Waals surface area contributed by atoms with Crippen LogP contribution in [-0.4, -0.2) is 43.3 Å². The molecule has 0 spiro atoms. The molecule has 0 amide bonds. The number of aryl methyl sites for hydroxylation is 2. The van der Waals surface area contributed by atoms with Crippen molar-refractivity contribution in [2.45, 2.75) is 91.5 Å². The van der Waals surface area contributed by atoms with Gasteiger partial charge in [-0.25, -0.2) is 9.59 Å². The van der Waals surface area contributed by atoms with Crippen LogP contribution in [0.2, 0.25) is 0 Å². The number of anilines is 1. The van der Waals surface area contributed by atoms with Crippen LogP contribution in [0.3, 0.4) is 0 Å². The van der Waals surface area contributed by atoms with Crippen LogP contribution < -0.4 is 9.64 Å². The van der Waals surface area contributed by atoms with Crippen molar-refractivity contribution < 1.29 is 23.8 Å². The average molecular weight is 406 g/mol. The van der Waals surface area contributed by atoms with E-state index >= 15 is 0 Å². The predicted octanol–water partition coefficient (Wildman–Crippen LogP) is 4.33. The van der Waals surface area contributed by atoms with Crippen molar-refractivity contribution in [3.8, 4) is 5.75 Å². The Labute approximate surface area is 174 Å². The van der Waals surface area contributed by atoms with E-state index in [1.165, 1.54) is 0 Å². The van der Waals surface area contributed by atoms with Crippen LogP contribution in [-0.2, 0) is 19.1 Å². The Morgan fingerprint density at radius 1 is 0.931 bits per heavy atom. The molecule has 1 fully saturated rings. The molecule has 0 aromatic heterocycles. The SMILES string of the molecule is COc1c(C)cc(N(C2CCCC2)C(C(=O)OC(C)C)C(=O)OC(C)C)cc1C. The van der Waals surface area contributed by atoms with Gasteiger partial charge in [0, 0.05) is 11.7 Å². The summed E-state index contributed by atoms with van der Waals surface area (Å²) in [6.45, 7) is 11.1. The summed E-state index contributed by atoms with van der Waals surface area (Å²) in [5.41, 5.74) is 2.73. The van der Waals surface area contributed by atoms with Crippen molar-refractivity contribution in [1.29, 1.82) is 0 Å². The third-order valence-corrected chi connectivity index (χ3v) is 5.09. The zero-order valence-corrected chi connectivity index (χ0v) is 18.8. The fourth-order valence-electron chi connectivity index (χ4n) is 4.07. The average Bonchev–Trinajstić information content (AvgIpc) is 3.11. The molecule has 0 radical (unpaired) electrons. The van der Waals surface area contributed by atoms with Gasteiger partial charge in [0.25, 0.3) is 0 Å². The molecule has 1 aliphatic rings. The lowest BCUT2D eigenvalue weighted by Crippen LogP contribution is -2.53. The number of methoxy groups -OCH3 is 1. The summed E-state index contributed by atoms with van der Waals surface area (Å²) in [5.74, 6) is -0.321. The second-order valence-electron chi connectivity index (χ2n) is 8.33. The maximum atomic E-state index is 13.1. The highest BCUT2D eigenvalue weighted by Gasteiger charge is 2.41. The molecule has 0 aliphatic heterocycles. The Bertz CT molecular complexity index is 677. The number of hydrogen-bond acceptors (Lipinski definition) is 6. The van der Waals surface area contributed by atoms with Crippen molar-refractivity contribution in [3.05, 3.63) is 23.3 Å². The van der Waals surface area contributed by atoms with Gasteiger partial charge in [-0.15, -0.1) is 0 Å². The van der Waals surface area contributed by atoms with Gasteiger partial charge in [0.1, 0.15) is 5.75 Å². The van der Waals surface area contributed by atoms with E-state index in [1.54, 1.807) is 34.8 Å². The van der Waals surface area contributed by atoms with E-state index < -0.39 is 18.0 Å². The summed E-state index contributed by atoms with van der Waals surface area (Å²) in [6.07, 6.45) is 3.35. The first kappa shape index (κ1) is 23.0. The standard InChI is InChI=1S/C23H35NO5/c1-14(2)28-22(25)20(23(26)29-15(3)4)24(18-10-8-9-11-18)19-12-16(5)21(27-7)17(6)13-19/h12-15,18,20H,8-11H2,1-7H3. The third kappa shape index (κ3) is 5.64. The molecule has 0 N–H and O–H groups in total. The van der Waals surface area contributed by atoms with Gasteiger partial charge in [0.15, 0.2) is 0 Å². The van der Waals surface area contributed by atoms with E-state index in [0.29, 0.717) is 0 Å². The molecule has 0 heterocycles. The van der Waals surface area contributed by atoms with Crippen molar-refractivity contribution >= 4 is 17.6 Å². The van der Waals surface area contributed by atoms with Crippen LogP contribution in [0.4, 0.5) is 5.69 Å². The number of benzene rings is 1. The Balaban J connectivity index is 2.56. The molecule has 1 aliphatic carbocycles. The van der Waals surface area contributed by atoms with Gasteiger partial charge in [0.05, 0.1) is 19.3 Å². The molecule has 0 saturated heterocycles. The number of carbonyl (C=O) groups is 2. The summed E-state index contributed by atoms with van der Waals surface area (Å²) in [5, 5.41) is 0. The molecule has 0 atom stereocenters. The molecule has 6 heteroatoms. The van der Waals surface area contributed by atoms with Crippen LogP contribution in [0.5, 0.6) is 5.75 Å². The minimum Gasteiger partial charge on any atom is -0.496 e. The summed E-state index contributed by atoms with van der Waals surface area (Å²) in [4.78, 5) is 28.0. The summed E-state index contributed by atoms with van der Waals surface area (Å²) >= 11 is 0. The van der Waals surface area contributed by atoms with Crippen molar-refractivity contribution in [1.82, 2.24) is 0 Å². The Morgan fingerprint density at radius 2 is 1.38 bits per heavy atom. The fourth-order valence-corrected chi connectivity index (χ4v) is 4.07. The van der Waals surface area contributed by atoms with E-state index in [4.69, 9.17) is 14.2 Å². The summed E-state index contributed by atoms with van der Waals surface area (Å²) in [6, 6.07) is 2.90. The van der Waals surface area contributed by atoms with Crippen LogP contribution in [0.1, 0.15) is 64.5 Å². The van der Waals surface area contributed by atoms with Crippen LogP contribution in [0.15, 0.2) is 12.1 Å². The molecular formula is C23H35NO5. The molecule has 1 saturated carbocycles. The van der Waals surface area contributed by atoms with Crippen LogP contribution in [0, 0.1) is 13.8 Å². The first-order valence-corrected chi connectivity index (χ1v) is 10.5. The van der Waals surface area contributed by atoms with Gasteiger partial charge in [-0.05, 0) is 77.6 Å². The Kier molecular flexibility index (Phi) is 7.94. The lowest BCUT2D eigenvalue weighted by molar-refractivity contribution is -0.161. The zero-order valence-electron chi connectivity index (χ0n) is 18.8. The highest BCUT2D eigenvalue weighted by atomic mass is 16.6. The summed E-state index contributed by atoms with van der Waals surface area (Å²) < 4.78 is 16.4. The van der Waals surface area contributed by atoms with Crippen LogP contribution >= 0.6 is 0 Å². The largest absolute Gasteiger partial charge is 0.496 e. The number of nitrogens with zero attached hydrogens (tertiary/aromatic N) is 1. The zero-order chi connectivity index (χ0) is 21.7. The number of rotatable bonds is 8. The topological polar surface area (TPSA) is 65.1 Å². The van der Waals surface area contributed by atoms with Crippen molar-refractivity contribution in [2.24, 2.45) is 0 Å². The van der Waals surface area contributed by atoms with Gasteiger partial charge < -0.3 is 19.1 Å². The van der Waals surface area contributed by atoms with E-state index in [2.05, 4.69) is 0 Å². The highest BCUT2D eigenvalue weighted by molar-refractivity contribution is 6.03. The highest BCUT2D eigenvalue weighted by Crippen LogP contribution is 2.35. The second-order valence-corrected chi connectivity index (χ2v) is 8.33. The number of esters is 2. The molecule has 2 rings (SSSR count). The van der Waals surface area contributed by atoms with Crippen molar-refractivity contribution in [2.75, 3.05) is 12.0 Å². The molecule has 1 aromatic rings. The smallest absolute Gasteiger partial charge is 0.340 e. The maximum absolute atomic E-state index is 13.1. The van der Waals surface area contributed by atoms with Gasteiger partial charge >= 0.3 is 11.9 Å². The molecule has 0 bridgehead atoms. The first-order chi connectivity index (χ1) is 13.6. The Hall–Kier alpha value is -2.24. The summed E-state index contributed by atoms with van der Waals surface area (Å²) in [7, 11) is 1.65. The fraction of sp³-hybridized carbons (Fsp3) is 0.652. The minimum atomic E-state index is -1.13.